The fourth-order valence-electron chi connectivity index (χ4n) is 3.56. The second kappa shape index (κ2) is 8.83. The molecule has 1 aromatic heterocycles. The van der Waals surface area contributed by atoms with Gasteiger partial charge in [-0.3, -0.25) is 4.79 Å². The van der Waals surface area contributed by atoms with Gasteiger partial charge >= 0.3 is 0 Å². The molecule has 158 valence electrons. The van der Waals surface area contributed by atoms with Crippen LogP contribution >= 0.6 is 0 Å². The molecule has 1 amide bonds. The van der Waals surface area contributed by atoms with E-state index >= 15 is 0 Å². The van der Waals surface area contributed by atoms with E-state index in [0.29, 0.717) is 24.9 Å². The third-order valence-corrected chi connectivity index (χ3v) is 5.20. The quantitative estimate of drug-likeness (QED) is 0.474. The Kier molecular flexibility index (Phi) is 5.79. The lowest BCUT2D eigenvalue weighted by Gasteiger charge is -2.12. The van der Waals surface area contributed by atoms with Crippen LogP contribution in [0.3, 0.4) is 0 Å². The Balaban J connectivity index is 1.66. The minimum atomic E-state index is -0.0813. The predicted octanol–water partition coefficient (Wildman–Crippen LogP) is 3.44. The van der Waals surface area contributed by atoms with Crippen molar-refractivity contribution in [3.05, 3.63) is 59.2 Å². The fraction of sp³-hybridized carbons (Fsp3) is 0.217. The van der Waals surface area contributed by atoms with Gasteiger partial charge in [-0.1, -0.05) is 6.07 Å². The summed E-state index contributed by atoms with van der Waals surface area (Å²) in [5, 5.41) is 24.0. The number of hydrogen-bond acceptors (Lipinski definition) is 6. The van der Waals surface area contributed by atoms with Gasteiger partial charge in [-0.2, -0.15) is 15.3 Å². The molecule has 3 aromatic rings. The van der Waals surface area contributed by atoms with Crippen molar-refractivity contribution in [3.8, 4) is 11.6 Å². The van der Waals surface area contributed by atoms with E-state index in [1.54, 1.807) is 19.5 Å². The zero-order chi connectivity index (χ0) is 21.8. The fourth-order valence-corrected chi connectivity index (χ4v) is 3.56. The number of nitrogens with one attached hydrogen (secondary N) is 1. The molecule has 2 aromatic carbocycles. The molecular formula is C23H23N5O3. The highest BCUT2D eigenvalue weighted by Crippen LogP contribution is 2.31. The first-order valence-corrected chi connectivity index (χ1v) is 10.0. The van der Waals surface area contributed by atoms with Crippen molar-refractivity contribution >= 4 is 35.0 Å². The van der Waals surface area contributed by atoms with Crippen molar-refractivity contribution in [3.63, 3.8) is 0 Å². The Bertz CT molecular complexity index is 1210. The predicted molar refractivity (Wildman–Crippen MR) is 121 cm³/mol. The second-order valence-corrected chi connectivity index (χ2v) is 7.07. The number of nitrogens with zero attached hydrogens (tertiary/aromatic N) is 4. The van der Waals surface area contributed by atoms with Crippen LogP contribution in [-0.2, 0) is 11.3 Å². The van der Waals surface area contributed by atoms with Crippen molar-refractivity contribution in [1.29, 1.82) is 0 Å². The largest absolute Gasteiger partial charge is 0.497 e. The molecule has 31 heavy (non-hydrogen) atoms. The molecule has 0 aliphatic carbocycles. The minimum absolute atomic E-state index is 0.0813. The summed E-state index contributed by atoms with van der Waals surface area (Å²) in [6, 6.07) is 13.3. The zero-order valence-electron chi connectivity index (χ0n) is 17.4. The van der Waals surface area contributed by atoms with Gasteiger partial charge in [0.15, 0.2) is 0 Å². The van der Waals surface area contributed by atoms with E-state index in [1.807, 2.05) is 54.0 Å². The second-order valence-electron chi connectivity index (χ2n) is 7.07. The Hall–Kier alpha value is -3.94. The highest BCUT2D eigenvalue weighted by Gasteiger charge is 2.18. The maximum absolute atomic E-state index is 11.4. The molecule has 1 aliphatic heterocycles. The number of rotatable bonds is 6. The van der Waals surface area contributed by atoms with Gasteiger partial charge in [0.2, 0.25) is 11.8 Å². The Morgan fingerprint density at radius 1 is 1.16 bits per heavy atom. The molecule has 0 spiro atoms. The Morgan fingerprint density at radius 3 is 2.61 bits per heavy atom. The lowest BCUT2D eigenvalue weighted by atomic mass is 10.0. The summed E-state index contributed by atoms with van der Waals surface area (Å²) in [5.41, 5.74) is 6.61. The number of methoxy groups -OCH3 is 1. The number of aromatic hydroxyl groups is 1. The number of fused-ring (bicyclic) bond motifs is 1. The van der Waals surface area contributed by atoms with Gasteiger partial charge in [0.05, 0.1) is 36.3 Å². The van der Waals surface area contributed by atoms with Crippen LogP contribution in [0.15, 0.2) is 57.8 Å². The molecule has 2 N–H and O–H groups in total. The number of aryl methyl sites for hydroxylation is 1. The summed E-state index contributed by atoms with van der Waals surface area (Å²) in [6.45, 7) is 2.58. The topological polar surface area (TPSA) is 101 Å². The van der Waals surface area contributed by atoms with Crippen LogP contribution < -0.4 is 10.2 Å². The van der Waals surface area contributed by atoms with E-state index in [-0.39, 0.29) is 11.8 Å². The summed E-state index contributed by atoms with van der Waals surface area (Å²) in [6.07, 6.45) is 4.18. The maximum atomic E-state index is 11.4. The SMILES string of the molecule is CCn1c(O)c(C=N/N=C/c2ccc(OC)cc2)c2cc(C3=NNC(=O)CC3)ccc21. The van der Waals surface area contributed by atoms with Gasteiger partial charge in [-0.15, -0.1) is 0 Å². The van der Waals surface area contributed by atoms with Gasteiger partial charge in [0.25, 0.3) is 0 Å². The molecule has 8 nitrogen and oxygen atoms in total. The van der Waals surface area contributed by atoms with Gasteiger partial charge in [-0.25, -0.2) is 5.43 Å². The van der Waals surface area contributed by atoms with Crippen LogP contribution in [0.1, 0.15) is 36.5 Å². The third kappa shape index (κ3) is 4.18. The van der Waals surface area contributed by atoms with Crippen LogP contribution in [-0.4, -0.2) is 40.8 Å². The summed E-state index contributed by atoms with van der Waals surface area (Å²) < 4.78 is 6.96. The Labute approximate surface area is 179 Å². The molecule has 0 unspecified atom stereocenters. The van der Waals surface area contributed by atoms with Crippen molar-refractivity contribution in [2.75, 3.05) is 7.11 Å². The van der Waals surface area contributed by atoms with E-state index in [9.17, 15) is 9.90 Å². The molecular weight excluding hydrogens is 394 g/mol. The van der Waals surface area contributed by atoms with Gasteiger partial charge in [0, 0.05) is 24.8 Å². The Morgan fingerprint density at radius 2 is 1.94 bits per heavy atom. The lowest BCUT2D eigenvalue weighted by molar-refractivity contribution is -0.121. The van der Waals surface area contributed by atoms with Gasteiger partial charge in [0.1, 0.15) is 5.75 Å². The number of benzene rings is 2. The first kappa shape index (κ1) is 20.3. The first-order valence-electron chi connectivity index (χ1n) is 10.0. The normalized spacial score (nSPS) is 14.4. The third-order valence-electron chi connectivity index (χ3n) is 5.20. The molecule has 0 saturated heterocycles. The van der Waals surface area contributed by atoms with E-state index in [2.05, 4.69) is 20.7 Å². The number of carbonyl (C=O) groups excluding carboxylic acids is 1. The lowest BCUT2D eigenvalue weighted by Crippen LogP contribution is -2.25. The average molecular weight is 417 g/mol. The summed E-state index contributed by atoms with van der Waals surface area (Å²) >= 11 is 0. The highest BCUT2D eigenvalue weighted by molar-refractivity contribution is 6.09. The zero-order valence-corrected chi connectivity index (χ0v) is 17.4. The molecule has 0 radical (unpaired) electrons. The molecule has 0 bridgehead atoms. The smallest absolute Gasteiger partial charge is 0.240 e. The standard InChI is InChI=1S/C23H23N5O3/c1-3-28-21-10-6-16(20-9-11-22(29)27-26-20)12-18(21)19(23(28)30)14-25-24-13-15-4-7-17(31-2)8-5-15/h4-8,10,12-14,30H,3,9,11H2,1-2H3,(H,27,29)/b24-13+,25-14?. The van der Waals surface area contributed by atoms with Crippen LogP contribution in [0, 0.1) is 0 Å². The van der Waals surface area contributed by atoms with Gasteiger partial charge in [-0.05, 0) is 54.4 Å². The molecule has 8 heteroatoms. The molecule has 0 saturated carbocycles. The number of aromatic nitrogens is 1. The molecule has 0 fully saturated rings. The van der Waals surface area contributed by atoms with E-state index in [1.165, 1.54) is 0 Å². The van der Waals surface area contributed by atoms with Crippen LogP contribution in [0.25, 0.3) is 10.9 Å². The highest BCUT2D eigenvalue weighted by atomic mass is 16.5. The van der Waals surface area contributed by atoms with Crippen LogP contribution in [0.5, 0.6) is 11.6 Å². The summed E-state index contributed by atoms with van der Waals surface area (Å²) in [7, 11) is 1.62. The van der Waals surface area contributed by atoms with E-state index in [4.69, 9.17) is 4.74 Å². The number of hydrazone groups is 1. The van der Waals surface area contributed by atoms with Crippen LogP contribution in [0.2, 0.25) is 0 Å². The van der Waals surface area contributed by atoms with Crippen molar-refractivity contribution in [2.45, 2.75) is 26.3 Å². The molecule has 0 atom stereocenters. The van der Waals surface area contributed by atoms with Crippen molar-refractivity contribution < 1.29 is 14.6 Å². The maximum Gasteiger partial charge on any atom is 0.240 e. The number of hydrogen-bond donors (Lipinski definition) is 2. The molecule has 2 heterocycles. The summed E-state index contributed by atoms with van der Waals surface area (Å²) in [5.74, 6) is 0.829. The number of amides is 1. The molecule has 4 rings (SSSR count). The summed E-state index contributed by atoms with van der Waals surface area (Å²) in [4.78, 5) is 11.4. The minimum Gasteiger partial charge on any atom is -0.497 e. The van der Waals surface area contributed by atoms with Gasteiger partial charge < -0.3 is 14.4 Å². The van der Waals surface area contributed by atoms with Crippen molar-refractivity contribution in [1.82, 2.24) is 9.99 Å². The van der Waals surface area contributed by atoms with E-state index in [0.717, 1.165) is 33.5 Å². The monoisotopic (exact) mass is 417 g/mol. The van der Waals surface area contributed by atoms with Crippen LogP contribution in [0.4, 0.5) is 0 Å². The molecule has 1 aliphatic rings. The van der Waals surface area contributed by atoms with Crippen molar-refractivity contribution in [2.24, 2.45) is 15.3 Å². The first-order chi connectivity index (χ1) is 15.1. The number of ether oxygens (including phenoxy) is 1. The average Bonchev–Trinajstić information content (AvgIpc) is 3.07. The number of carbonyl (C=O) groups is 1. The van der Waals surface area contributed by atoms with E-state index < -0.39 is 0 Å².